The van der Waals surface area contributed by atoms with Gasteiger partial charge in [-0.2, -0.15) is 0 Å². The molecule has 0 radical (unpaired) electrons. The minimum atomic E-state index is -4.14. The number of sulfonamides is 1. The number of nitrogens with zero attached hydrogens (tertiary/aromatic N) is 2. The fourth-order valence-electron chi connectivity index (χ4n) is 5.04. The first-order valence-electron chi connectivity index (χ1n) is 14.8. The Morgan fingerprint density at radius 2 is 1.45 bits per heavy atom. The molecule has 0 bridgehead atoms. The molecular weight excluding hydrogens is 638 g/mol. The van der Waals surface area contributed by atoms with Crippen LogP contribution in [-0.2, 0) is 39.0 Å². The first kappa shape index (κ1) is 33.0. The zero-order valence-corrected chi connectivity index (χ0v) is 27.4. The molecule has 4 aromatic rings. The second-order valence-electron chi connectivity index (χ2n) is 10.5. The predicted octanol–water partition coefficient (Wildman–Crippen LogP) is 6.37. The second kappa shape index (κ2) is 15.7. The molecule has 0 aromatic heterocycles. The summed E-state index contributed by atoms with van der Waals surface area (Å²) < 4.78 is 30.4. The van der Waals surface area contributed by atoms with Crippen LogP contribution in [0.3, 0.4) is 0 Å². The molecule has 0 aliphatic carbocycles. The minimum Gasteiger partial charge on any atom is -0.354 e. The van der Waals surface area contributed by atoms with Crippen LogP contribution in [0.5, 0.6) is 0 Å². The van der Waals surface area contributed by atoms with Crippen molar-refractivity contribution < 1.29 is 18.0 Å². The molecule has 1 atom stereocenters. The van der Waals surface area contributed by atoms with Gasteiger partial charge in [-0.1, -0.05) is 109 Å². The molecule has 0 saturated carbocycles. The molecule has 0 fully saturated rings. The van der Waals surface area contributed by atoms with E-state index in [9.17, 15) is 18.0 Å². The Bertz CT molecular complexity index is 1650. The summed E-state index contributed by atoms with van der Waals surface area (Å²) in [6.07, 6.45) is 1.58. The number of benzene rings is 4. The number of amides is 2. The maximum absolute atomic E-state index is 14.5. The van der Waals surface area contributed by atoms with E-state index in [0.29, 0.717) is 18.7 Å². The van der Waals surface area contributed by atoms with Crippen molar-refractivity contribution in [1.82, 2.24) is 10.2 Å². The summed E-state index contributed by atoms with van der Waals surface area (Å²) in [7, 11) is -4.14. The van der Waals surface area contributed by atoms with Crippen molar-refractivity contribution in [1.29, 1.82) is 0 Å². The van der Waals surface area contributed by atoms with Crippen molar-refractivity contribution in [2.75, 3.05) is 17.4 Å². The van der Waals surface area contributed by atoms with E-state index < -0.39 is 28.5 Å². The van der Waals surface area contributed by atoms with E-state index >= 15 is 0 Å². The third-order valence-electron chi connectivity index (χ3n) is 7.31. The van der Waals surface area contributed by atoms with Crippen LogP contribution in [0.15, 0.2) is 119 Å². The van der Waals surface area contributed by atoms with E-state index in [1.165, 1.54) is 21.3 Å². The average Bonchev–Trinajstić information content (AvgIpc) is 3.04. The SMILES string of the molecule is CCCNC(=O)[C@H](Cc1ccccc1)N(Cc1cccc(Br)c1)C(=O)CN(c1ccccc1CC)S(=O)(=O)c1ccccc1. The largest absolute Gasteiger partial charge is 0.354 e. The number of carbonyl (C=O) groups excluding carboxylic acids is 2. The van der Waals surface area contributed by atoms with Crippen LogP contribution in [-0.4, -0.2) is 44.3 Å². The number of rotatable bonds is 14. The molecule has 0 aliphatic rings. The van der Waals surface area contributed by atoms with Gasteiger partial charge in [0.15, 0.2) is 0 Å². The fraction of sp³-hybridized carbons (Fsp3) is 0.257. The molecule has 230 valence electrons. The lowest BCUT2D eigenvalue weighted by Crippen LogP contribution is -2.53. The monoisotopic (exact) mass is 675 g/mol. The van der Waals surface area contributed by atoms with Crippen LogP contribution in [0.1, 0.15) is 37.0 Å². The Kier molecular flexibility index (Phi) is 11.7. The average molecular weight is 677 g/mol. The zero-order chi connectivity index (χ0) is 31.5. The van der Waals surface area contributed by atoms with Crippen molar-refractivity contribution in [2.24, 2.45) is 0 Å². The number of nitrogens with one attached hydrogen (secondary N) is 1. The quantitative estimate of drug-likeness (QED) is 0.168. The standard InChI is InChI=1S/C35H38BrN3O4S/c1-3-22-37-35(41)33(24-27-14-7-5-8-15-27)38(25-28-16-13-18-30(36)23-28)34(40)26-39(32-21-12-11-17-29(32)4-2)44(42,43)31-19-9-6-10-20-31/h5-21,23,33H,3-4,22,24-26H2,1-2H3,(H,37,41)/t33-/m0/s1. The number of para-hydroxylation sites is 1. The molecule has 44 heavy (non-hydrogen) atoms. The highest BCUT2D eigenvalue weighted by molar-refractivity contribution is 9.10. The van der Waals surface area contributed by atoms with Crippen molar-refractivity contribution >= 4 is 43.5 Å². The Morgan fingerprint density at radius 3 is 2.11 bits per heavy atom. The number of aryl methyl sites for hydroxylation is 1. The lowest BCUT2D eigenvalue weighted by molar-refractivity contribution is -0.140. The molecular formula is C35H38BrN3O4S. The van der Waals surface area contributed by atoms with Crippen molar-refractivity contribution in [3.8, 4) is 0 Å². The highest BCUT2D eigenvalue weighted by atomic mass is 79.9. The summed E-state index contributed by atoms with van der Waals surface area (Å²) in [5, 5.41) is 2.97. The normalized spacial score (nSPS) is 11.9. The lowest BCUT2D eigenvalue weighted by Gasteiger charge is -2.34. The van der Waals surface area contributed by atoms with E-state index in [0.717, 1.165) is 27.6 Å². The first-order valence-corrected chi connectivity index (χ1v) is 17.0. The third-order valence-corrected chi connectivity index (χ3v) is 9.58. The lowest BCUT2D eigenvalue weighted by atomic mass is 10.0. The Morgan fingerprint density at radius 1 is 0.818 bits per heavy atom. The molecule has 9 heteroatoms. The van der Waals surface area contributed by atoms with Gasteiger partial charge in [-0.25, -0.2) is 8.42 Å². The topological polar surface area (TPSA) is 86.8 Å². The molecule has 0 unspecified atom stereocenters. The van der Waals surface area contributed by atoms with Crippen LogP contribution < -0.4 is 9.62 Å². The smallest absolute Gasteiger partial charge is 0.264 e. The van der Waals surface area contributed by atoms with Gasteiger partial charge in [-0.15, -0.1) is 0 Å². The highest BCUT2D eigenvalue weighted by Crippen LogP contribution is 2.28. The van der Waals surface area contributed by atoms with Crippen LogP contribution >= 0.6 is 15.9 Å². The molecule has 2 amide bonds. The van der Waals surface area contributed by atoms with Crippen molar-refractivity contribution in [3.05, 3.63) is 130 Å². The highest BCUT2D eigenvalue weighted by Gasteiger charge is 2.35. The van der Waals surface area contributed by atoms with Gasteiger partial charge >= 0.3 is 0 Å². The minimum absolute atomic E-state index is 0.0822. The number of hydrogen-bond acceptors (Lipinski definition) is 4. The Balaban J connectivity index is 1.82. The van der Waals surface area contributed by atoms with Gasteiger partial charge in [0.05, 0.1) is 10.6 Å². The van der Waals surface area contributed by atoms with E-state index in [1.807, 2.05) is 80.6 Å². The summed E-state index contributed by atoms with van der Waals surface area (Å²) in [6, 6.07) is 31.5. The van der Waals surface area contributed by atoms with Gasteiger partial charge < -0.3 is 10.2 Å². The maximum atomic E-state index is 14.5. The van der Waals surface area contributed by atoms with Gasteiger partial charge in [0.1, 0.15) is 12.6 Å². The maximum Gasteiger partial charge on any atom is 0.264 e. The van der Waals surface area contributed by atoms with Crippen molar-refractivity contribution in [2.45, 2.75) is 50.6 Å². The summed E-state index contributed by atoms with van der Waals surface area (Å²) in [4.78, 5) is 29.9. The Hall–Kier alpha value is -3.95. The number of hydrogen-bond donors (Lipinski definition) is 1. The first-order chi connectivity index (χ1) is 21.2. The third kappa shape index (κ3) is 8.36. The van der Waals surface area contributed by atoms with E-state index in [1.54, 1.807) is 30.3 Å². The summed E-state index contributed by atoms with van der Waals surface area (Å²) in [5.74, 6) is -0.770. The van der Waals surface area contributed by atoms with Crippen molar-refractivity contribution in [3.63, 3.8) is 0 Å². The van der Waals surface area contributed by atoms with Gasteiger partial charge in [0.25, 0.3) is 10.0 Å². The molecule has 4 aromatic carbocycles. The van der Waals surface area contributed by atoms with Gasteiger partial charge in [-0.05, 0) is 59.9 Å². The molecule has 0 saturated heterocycles. The van der Waals surface area contributed by atoms with Gasteiger partial charge in [-0.3, -0.25) is 13.9 Å². The zero-order valence-electron chi connectivity index (χ0n) is 25.0. The molecule has 7 nitrogen and oxygen atoms in total. The van der Waals surface area contributed by atoms with Crippen LogP contribution in [0.2, 0.25) is 0 Å². The summed E-state index contributed by atoms with van der Waals surface area (Å²) in [6.45, 7) is 4.01. The van der Waals surface area contributed by atoms with E-state index in [-0.39, 0.29) is 23.8 Å². The van der Waals surface area contributed by atoms with E-state index in [4.69, 9.17) is 0 Å². The second-order valence-corrected chi connectivity index (χ2v) is 13.2. The summed E-state index contributed by atoms with van der Waals surface area (Å²) >= 11 is 3.51. The molecule has 4 rings (SSSR count). The van der Waals surface area contributed by atoms with Gasteiger partial charge in [0.2, 0.25) is 11.8 Å². The molecule has 0 aliphatic heterocycles. The molecule has 0 heterocycles. The molecule has 1 N–H and O–H groups in total. The Labute approximate surface area is 269 Å². The number of carbonyl (C=O) groups is 2. The fourth-order valence-corrected chi connectivity index (χ4v) is 6.96. The van der Waals surface area contributed by atoms with Crippen LogP contribution in [0.4, 0.5) is 5.69 Å². The number of anilines is 1. The summed E-state index contributed by atoms with van der Waals surface area (Å²) in [5.41, 5.74) is 2.92. The predicted molar refractivity (Wildman–Crippen MR) is 179 cm³/mol. The van der Waals surface area contributed by atoms with E-state index in [2.05, 4.69) is 21.2 Å². The van der Waals surface area contributed by atoms with Crippen LogP contribution in [0.25, 0.3) is 0 Å². The van der Waals surface area contributed by atoms with Crippen LogP contribution in [0, 0.1) is 0 Å². The van der Waals surface area contributed by atoms with Gasteiger partial charge in [0, 0.05) is 24.0 Å². The molecule has 0 spiro atoms. The number of halogens is 1.